The molecule has 15 heavy (non-hydrogen) atoms. The lowest BCUT2D eigenvalue weighted by Gasteiger charge is -2.16. The van der Waals surface area contributed by atoms with Gasteiger partial charge in [0.15, 0.2) is 0 Å². The maximum absolute atomic E-state index is 11.0. The molecule has 0 saturated carbocycles. The van der Waals surface area contributed by atoms with Gasteiger partial charge in [0.05, 0.1) is 17.6 Å². The van der Waals surface area contributed by atoms with Crippen molar-refractivity contribution in [2.75, 3.05) is 0 Å². The molecule has 3 heteroatoms. The zero-order valence-electron chi connectivity index (χ0n) is 8.77. The van der Waals surface area contributed by atoms with Gasteiger partial charge in [-0.2, -0.15) is 5.26 Å². The number of carbonyl (C=O) groups is 1. The third-order valence-electron chi connectivity index (χ3n) is 2.33. The number of aliphatic carboxylic acids is 1. The van der Waals surface area contributed by atoms with Gasteiger partial charge in [-0.3, -0.25) is 4.79 Å². The van der Waals surface area contributed by atoms with Gasteiger partial charge in [0, 0.05) is 0 Å². The van der Waals surface area contributed by atoms with Crippen molar-refractivity contribution >= 4 is 5.97 Å². The molecule has 3 nitrogen and oxygen atoms in total. The summed E-state index contributed by atoms with van der Waals surface area (Å²) in [6.07, 6.45) is 0. The Bertz CT molecular complexity index is 387. The van der Waals surface area contributed by atoms with Crippen molar-refractivity contribution in [1.82, 2.24) is 0 Å². The van der Waals surface area contributed by atoms with E-state index in [0.29, 0.717) is 5.56 Å². The third-order valence-corrected chi connectivity index (χ3v) is 2.33. The molecular formula is C12H13NO2. The molecular weight excluding hydrogens is 190 g/mol. The van der Waals surface area contributed by atoms with Crippen molar-refractivity contribution in [3.63, 3.8) is 0 Å². The fourth-order valence-corrected chi connectivity index (χ4v) is 1.58. The maximum atomic E-state index is 11.0. The monoisotopic (exact) mass is 203 g/mol. The normalized spacial score (nSPS) is 12.1. The molecule has 1 aromatic carbocycles. The van der Waals surface area contributed by atoms with Crippen LogP contribution in [-0.2, 0) is 4.79 Å². The van der Waals surface area contributed by atoms with Crippen LogP contribution in [0.15, 0.2) is 24.3 Å². The first-order valence-corrected chi connectivity index (χ1v) is 4.79. The van der Waals surface area contributed by atoms with Crippen molar-refractivity contribution in [1.29, 1.82) is 5.26 Å². The highest BCUT2D eigenvalue weighted by atomic mass is 16.4. The number of rotatable bonds is 3. The fourth-order valence-electron chi connectivity index (χ4n) is 1.58. The van der Waals surface area contributed by atoms with Crippen LogP contribution >= 0.6 is 0 Å². The molecule has 1 rings (SSSR count). The van der Waals surface area contributed by atoms with Crippen LogP contribution in [0, 0.1) is 17.2 Å². The van der Waals surface area contributed by atoms with Crippen LogP contribution in [0.25, 0.3) is 0 Å². The molecule has 0 saturated heterocycles. The number of nitrogens with zero attached hydrogens (tertiary/aromatic N) is 1. The Hall–Kier alpha value is -1.82. The largest absolute Gasteiger partial charge is 0.481 e. The average molecular weight is 203 g/mol. The quantitative estimate of drug-likeness (QED) is 0.820. The maximum Gasteiger partial charge on any atom is 0.311 e. The Morgan fingerprint density at radius 2 is 1.87 bits per heavy atom. The molecule has 1 aromatic rings. The van der Waals surface area contributed by atoms with Gasteiger partial charge in [-0.05, 0) is 23.6 Å². The van der Waals surface area contributed by atoms with Crippen molar-refractivity contribution < 1.29 is 9.90 Å². The second kappa shape index (κ2) is 4.61. The minimum atomic E-state index is -0.824. The molecule has 1 atom stereocenters. The molecule has 0 radical (unpaired) electrons. The van der Waals surface area contributed by atoms with E-state index in [-0.39, 0.29) is 5.92 Å². The molecule has 0 amide bonds. The zero-order chi connectivity index (χ0) is 11.4. The Morgan fingerprint density at radius 3 is 2.20 bits per heavy atom. The molecule has 0 bridgehead atoms. The first-order chi connectivity index (χ1) is 7.06. The SMILES string of the molecule is CC(C)C(C(=O)O)c1ccc(C#N)cc1. The number of benzene rings is 1. The Kier molecular flexibility index (Phi) is 3.46. The van der Waals surface area contributed by atoms with E-state index in [1.165, 1.54) is 0 Å². The highest BCUT2D eigenvalue weighted by Crippen LogP contribution is 2.24. The van der Waals surface area contributed by atoms with Crippen LogP contribution < -0.4 is 0 Å². The van der Waals surface area contributed by atoms with Crippen molar-refractivity contribution in [2.24, 2.45) is 5.92 Å². The second-order valence-electron chi connectivity index (χ2n) is 3.79. The number of hydrogen-bond acceptors (Lipinski definition) is 2. The predicted molar refractivity (Wildman–Crippen MR) is 56.4 cm³/mol. The van der Waals surface area contributed by atoms with Gasteiger partial charge in [-0.15, -0.1) is 0 Å². The second-order valence-corrected chi connectivity index (χ2v) is 3.79. The molecule has 0 aromatic heterocycles. The Morgan fingerprint density at radius 1 is 1.33 bits per heavy atom. The summed E-state index contributed by atoms with van der Waals surface area (Å²) in [6, 6.07) is 8.71. The molecule has 0 spiro atoms. The van der Waals surface area contributed by atoms with E-state index in [0.717, 1.165) is 5.56 Å². The van der Waals surface area contributed by atoms with E-state index in [2.05, 4.69) is 0 Å². The zero-order valence-corrected chi connectivity index (χ0v) is 8.77. The molecule has 0 heterocycles. The van der Waals surface area contributed by atoms with Crippen LogP contribution in [0.5, 0.6) is 0 Å². The van der Waals surface area contributed by atoms with Crippen LogP contribution in [0.1, 0.15) is 30.9 Å². The van der Waals surface area contributed by atoms with Gasteiger partial charge in [0.25, 0.3) is 0 Å². The number of carboxylic acids is 1. The van der Waals surface area contributed by atoms with Crippen LogP contribution in [0.3, 0.4) is 0 Å². The number of nitriles is 1. The highest BCUT2D eigenvalue weighted by molar-refractivity contribution is 5.76. The van der Waals surface area contributed by atoms with E-state index in [1.807, 2.05) is 19.9 Å². The van der Waals surface area contributed by atoms with Crippen LogP contribution in [-0.4, -0.2) is 11.1 Å². The molecule has 1 unspecified atom stereocenters. The topological polar surface area (TPSA) is 61.1 Å². The van der Waals surface area contributed by atoms with Gasteiger partial charge in [0.1, 0.15) is 0 Å². The summed E-state index contributed by atoms with van der Waals surface area (Å²) in [7, 11) is 0. The lowest BCUT2D eigenvalue weighted by molar-refractivity contribution is -0.139. The van der Waals surface area contributed by atoms with Gasteiger partial charge >= 0.3 is 5.97 Å². The van der Waals surface area contributed by atoms with Crippen LogP contribution in [0.4, 0.5) is 0 Å². The van der Waals surface area contributed by atoms with Crippen molar-refractivity contribution in [3.05, 3.63) is 35.4 Å². The number of hydrogen-bond donors (Lipinski definition) is 1. The average Bonchev–Trinajstić information content (AvgIpc) is 2.18. The summed E-state index contributed by atoms with van der Waals surface area (Å²) >= 11 is 0. The molecule has 0 aliphatic heterocycles. The highest BCUT2D eigenvalue weighted by Gasteiger charge is 2.23. The van der Waals surface area contributed by atoms with Gasteiger partial charge in [0.2, 0.25) is 0 Å². The van der Waals surface area contributed by atoms with E-state index >= 15 is 0 Å². The van der Waals surface area contributed by atoms with E-state index in [9.17, 15) is 4.79 Å². The first kappa shape index (κ1) is 11.3. The summed E-state index contributed by atoms with van der Waals surface area (Å²) in [4.78, 5) is 11.0. The van der Waals surface area contributed by atoms with Crippen molar-refractivity contribution in [3.8, 4) is 6.07 Å². The van der Waals surface area contributed by atoms with E-state index in [1.54, 1.807) is 24.3 Å². The standard InChI is InChI=1S/C12H13NO2/c1-8(2)11(12(14)15)10-5-3-9(7-13)4-6-10/h3-6,8,11H,1-2H3,(H,14,15). The van der Waals surface area contributed by atoms with E-state index < -0.39 is 11.9 Å². The predicted octanol–water partition coefficient (Wildman–Crippen LogP) is 2.38. The lowest BCUT2D eigenvalue weighted by Crippen LogP contribution is -2.17. The summed E-state index contributed by atoms with van der Waals surface area (Å²) in [6.45, 7) is 3.74. The summed E-state index contributed by atoms with van der Waals surface area (Å²) in [5, 5.41) is 17.7. The van der Waals surface area contributed by atoms with Gasteiger partial charge in [-0.1, -0.05) is 26.0 Å². The summed E-state index contributed by atoms with van der Waals surface area (Å²) in [5.41, 5.74) is 1.29. The summed E-state index contributed by atoms with van der Waals surface area (Å²) in [5.74, 6) is -1.29. The van der Waals surface area contributed by atoms with Gasteiger partial charge < -0.3 is 5.11 Å². The molecule has 0 aliphatic carbocycles. The van der Waals surface area contributed by atoms with Crippen molar-refractivity contribution in [2.45, 2.75) is 19.8 Å². The fraction of sp³-hybridized carbons (Fsp3) is 0.333. The first-order valence-electron chi connectivity index (χ1n) is 4.79. The Balaban J connectivity index is 3.03. The minimum absolute atomic E-state index is 0.0374. The third kappa shape index (κ3) is 2.57. The van der Waals surface area contributed by atoms with E-state index in [4.69, 9.17) is 10.4 Å². The lowest BCUT2D eigenvalue weighted by atomic mass is 9.88. The smallest absolute Gasteiger partial charge is 0.311 e. The molecule has 1 N–H and O–H groups in total. The minimum Gasteiger partial charge on any atom is -0.481 e. The molecule has 0 fully saturated rings. The Labute approximate surface area is 89.0 Å². The summed E-state index contributed by atoms with van der Waals surface area (Å²) < 4.78 is 0. The number of carboxylic acid groups (broad SMARTS) is 1. The van der Waals surface area contributed by atoms with Crippen LogP contribution in [0.2, 0.25) is 0 Å². The molecule has 0 aliphatic rings. The van der Waals surface area contributed by atoms with Gasteiger partial charge in [-0.25, -0.2) is 0 Å². The molecule has 78 valence electrons.